The number of benzene rings is 3. The van der Waals surface area contributed by atoms with Crippen molar-refractivity contribution in [2.75, 3.05) is 17.7 Å². The van der Waals surface area contributed by atoms with E-state index in [1.54, 1.807) is 7.11 Å². The summed E-state index contributed by atoms with van der Waals surface area (Å²) < 4.78 is 5.67. The number of hydrogen-bond donors (Lipinski definition) is 2. The highest BCUT2D eigenvalue weighted by atomic mass is 35.5. The van der Waals surface area contributed by atoms with E-state index >= 15 is 0 Å². The Morgan fingerprint density at radius 3 is 2.43 bits per heavy atom. The number of halogens is 1. The van der Waals surface area contributed by atoms with Crippen LogP contribution in [0.2, 0.25) is 5.02 Å². The Labute approximate surface area is 183 Å². The van der Waals surface area contributed by atoms with Crippen LogP contribution < -0.4 is 15.4 Å². The van der Waals surface area contributed by atoms with Crippen LogP contribution in [0.4, 0.5) is 11.4 Å². The number of fused-ring (bicyclic) bond motifs is 1. The van der Waals surface area contributed by atoms with Crippen LogP contribution in [-0.4, -0.2) is 12.6 Å². The third-order valence-corrected chi connectivity index (χ3v) is 5.70. The van der Waals surface area contributed by atoms with Crippen molar-refractivity contribution in [3.63, 3.8) is 0 Å². The highest BCUT2D eigenvalue weighted by molar-refractivity contribution is 6.30. The van der Waals surface area contributed by atoms with Crippen molar-refractivity contribution in [2.24, 2.45) is 0 Å². The van der Waals surface area contributed by atoms with Crippen LogP contribution in [0.5, 0.6) is 5.75 Å². The first-order valence-electron chi connectivity index (χ1n) is 10.1. The van der Waals surface area contributed by atoms with Crippen LogP contribution in [0, 0.1) is 0 Å². The second kappa shape index (κ2) is 8.08. The molecule has 1 aliphatic rings. The summed E-state index contributed by atoms with van der Waals surface area (Å²) in [5.74, 6) is 0.871. The molecule has 4 rings (SSSR count). The summed E-state index contributed by atoms with van der Waals surface area (Å²) in [6.07, 6.45) is 2.30. The number of ether oxygens (including phenoxy) is 1. The molecule has 0 unspecified atom stereocenters. The third kappa shape index (κ3) is 4.03. The van der Waals surface area contributed by atoms with Gasteiger partial charge in [0, 0.05) is 34.1 Å². The molecule has 1 heterocycles. The van der Waals surface area contributed by atoms with Crippen molar-refractivity contribution in [1.82, 2.24) is 0 Å². The molecular formula is C26H27ClN2O. The molecule has 0 aliphatic carbocycles. The van der Waals surface area contributed by atoms with Crippen LogP contribution in [0.25, 0.3) is 16.7 Å². The first-order chi connectivity index (χ1) is 14.4. The zero-order valence-corrected chi connectivity index (χ0v) is 18.6. The fourth-order valence-electron chi connectivity index (χ4n) is 4.26. The van der Waals surface area contributed by atoms with Gasteiger partial charge in [0.2, 0.25) is 0 Å². The molecule has 0 spiro atoms. The number of hydrogen-bond acceptors (Lipinski definition) is 3. The van der Waals surface area contributed by atoms with Gasteiger partial charge in [0.1, 0.15) is 5.75 Å². The SMILES string of the molecule is COc1ccccc1-c1ccc2c(c1CNc1ccc(Cl)cc1)C(C)=CC(C)(C)N2. The molecule has 0 atom stereocenters. The lowest BCUT2D eigenvalue weighted by Gasteiger charge is -2.33. The molecule has 154 valence electrons. The van der Waals surface area contributed by atoms with E-state index in [2.05, 4.69) is 61.7 Å². The molecule has 4 heteroatoms. The Morgan fingerprint density at radius 1 is 0.967 bits per heavy atom. The van der Waals surface area contributed by atoms with Gasteiger partial charge in [0.05, 0.1) is 12.6 Å². The minimum absolute atomic E-state index is 0.0794. The Balaban J connectivity index is 1.84. The number of para-hydroxylation sites is 1. The fraction of sp³-hybridized carbons (Fsp3) is 0.231. The monoisotopic (exact) mass is 418 g/mol. The lowest BCUT2D eigenvalue weighted by atomic mass is 9.85. The summed E-state index contributed by atoms with van der Waals surface area (Å²) in [5, 5.41) is 7.97. The van der Waals surface area contributed by atoms with Gasteiger partial charge >= 0.3 is 0 Å². The fourth-order valence-corrected chi connectivity index (χ4v) is 4.39. The molecule has 0 radical (unpaired) electrons. The quantitative estimate of drug-likeness (QED) is 0.458. The van der Waals surface area contributed by atoms with Gasteiger partial charge in [-0.2, -0.15) is 0 Å². The maximum absolute atomic E-state index is 6.05. The molecule has 0 fully saturated rings. The standard InChI is InChI=1S/C26H27ClN2O/c1-17-15-26(2,3)29-23-14-13-20(21-7-5-6-8-24(21)30-4)22(25(17)23)16-28-19-11-9-18(27)10-12-19/h5-15,28-29H,16H2,1-4H3. The van der Waals surface area contributed by atoms with Crippen molar-refractivity contribution in [3.8, 4) is 16.9 Å². The molecule has 0 saturated heterocycles. The van der Waals surface area contributed by atoms with Gasteiger partial charge in [-0.25, -0.2) is 0 Å². The van der Waals surface area contributed by atoms with Gasteiger partial charge in [-0.05, 0) is 73.9 Å². The number of allylic oxidation sites excluding steroid dienone is 1. The highest BCUT2D eigenvalue weighted by Gasteiger charge is 2.26. The zero-order chi connectivity index (χ0) is 21.3. The van der Waals surface area contributed by atoms with E-state index in [9.17, 15) is 0 Å². The van der Waals surface area contributed by atoms with E-state index in [-0.39, 0.29) is 5.54 Å². The Bertz CT molecular complexity index is 1100. The molecule has 3 nitrogen and oxygen atoms in total. The minimum atomic E-state index is -0.0794. The first-order valence-corrected chi connectivity index (χ1v) is 10.5. The summed E-state index contributed by atoms with van der Waals surface area (Å²) in [5.41, 5.74) is 8.14. The minimum Gasteiger partial charge on any atom is -0.496 e. The van der Waals surface area contributed by atoms with Crippen LogP contribution in [0.15, 0.2) is 66.7 Å². The maximum atomic E-state index is 6.05. The smallest absolute Gasteiger partial charge is 0.126 e. The maximum Gasteiger partial charge on any atom is 0.126 e. The molecule has 0 amide bonds. The van der Waals surface area contributed by atoms with E-state index in [1.807, 2.05) is 36.4 Å². The first kappa shape index (κ1) is 20.4. The van der Waals surface area contributed by atoms with Crippen molar-refractivity contribution in [1.29, 1.82) is 0 Å². The van der Waals surface area contributed by atoms with Gasteiger partial charge in [-0.15, -0.1) is 0 Å². The van der Waals surface area contributed by atoms with Crippen molar-refractivity contribution < 1.29 is 4.74 Å². The van der Waals surface area contributed by atoms with Crippen molar-refractivity contribution in [2.45, 2.75) is 32.9 Å². The highest BCUT2D eigenvalue weighted by Crippen LogP contribution is 2.42. The second-order valence-corrected chi connectivity index (χ2v) is 8.69. The molecule has 3 aromatic rings. The van der Waals surface area contributed by atoms with Crippen molar-refractivity contribution in [3.05, 3.63) is 82.9 Å². The normalized spacial score (nSPS) is 14.4. The number of methoxy groups -OCH3 is 1. The largest absolute Gasteiger partial charge is 0.496 e. The molecule has 1 aliphatic heterocycles. The Hall–Kier alpha value is -2.91. The Kier molecular flexibility index (Phi) is 5.48. The predicted molar refractivity (Wildman–Crippen MR) is 129 cm³/mol. The number of nitrogens with one attached hydrogen (secondary N) is 2. The van der Waals surface area contributed by atoms with E-state index in [0.29, 0.717) is 6.54 Å². The van der Waals surface area contributed by atoms with E-state index in [1.165, 1.54) is 22.3 Å². The summed E-state index contributed by atoms with van der Waals surface area (Å²) in [6, 6.07) is 20.4. The summed E-state index contributed by atoms with van der Waals surface area (Å²) in [4.78, 5) is 0. The van der Waals surface area contributed by atoms with Crippen LogP contribution in [0.1, 0.15) is 31.9 Å². The lowest BCUT2D eigenvalue weighted by Crippen LogP contribution is -2.32. The predicted octanol–water partition coefficient (Wildman–Crippen LogP) is 7.24. The molecule has 30 heavy (non-hydrogen) atoms. The number of rotatable bonds is 5. The molecule has 0 aromatic heterocycles. The average Bonchev–Trinajstić information content (AvgIpc) is 2.72. The zero-order valence-electron chi connectivity index (χ0n) is 17.8. The topological polar surface area (TPSA) is 33.3 Å². The van der Waals surface area contributed by atoms with Crippen LogP contribution in [0.3, 0.4) is 0 Å². The Morgan fingerprint density at radius 2 is 1.70 bits per heavy atom. The summed E-state index contributed by atoms with van der Waals surface area (Å²) in [7, 11) is 1.72. The summed E-state index contributed by atoms with van der Waals surface area (Å²) in [6.45, 7) is 7.27. The van der Waals surface area contributed by atoms with Gasteiger partial charge in [-0.1, -0.05) is 41.9 Å². The molecule has 2 N–H and O–H groups in total. The van der Waals surface area contributed by atoms with E-state index in [4.69, 9.17) is 16.3 Å². The average molecular weight is 419 g/mol. The molecule has 0 bridgehead atoms. The summed E-state index contributed by atoms with van der Waals surface area (Å²) >= 11 is 6.05. The lowest BCUT2D eigenvalue weighted by molar-refractivity contribution is 0.416. The van der Waals surface area contributed by atoms with Gasteiger partial charge in [0.25, 0.3) is 0 Å². The van der Waals surface area contributed by atoms with E-state index < -0.39 is 0 Å². The van der Waals surface area contributed by atoms with Gasteiger partial charge in [-0.3, -0.25) is 0 Å². The second-order valence-electron chi connectivity index (χ2n) is 8.25. The van der Waals surface area contributed by atoms with E-state index in [0.717, 1.165) is 27.7 Å². The van der Waals surface area contributed by atoms with Gasteiger partial charge < -0.3 is 15.4 Å². The molecular weight excluding hydrogens is 392 g/mol. The molecule has 3 aromatic carbocycles. The van der Waals surface area contributed by atoms with Crippen LogP contribution in [-0.2, 0) is 6.54 Å². The molecule has 0 saturated carbocycles. The van der Waals surface area contributed by atoms with Crippen molar-refractivity contribution >= 4 is 28.5 Å². The third-order valence-electron chi connectivity index (χ3n) is 5.45. The van der Waals surface area contributed by atoms with Gasteiger partial charge in [0.15, 0.2) is 0 Å². The number of anilines is 2. The van der Waals surface area contributed by atoms with Crippen LogP contribution >= 0.6 is 11.6 Å².